The number of carbonyl (C=O) groups excluding carboxylic acids is 2. The molecule has 3 amide bonds. The molecule has 0 saturated carbocycles. The van der Waals surface area contributed by atoms with Crippen LogP contribution in [0.1, 0.15) is 37.0 Å². The van der Waals surface area contributed by atoms with E-state index in [-0.39, 0.29) is 11.9 Å². The van der Waals surface area contributed by atoms with E-state index in [4.69, 9.17) is 4.74 Å². The number of fused-ring (bicyclic) bond motifs is 1. The van der Waals surface area contributed by atoms with Gasteiger partial charge in [0, 0.05) is 44.0 Å². The Kier molecular flexibility index (Phi) is 7.65. The van der Waals surface area contributed by atoms with Gasteiger partial charge in [0.25, 0.3) is 0 Å². The highest BCUT2D eigenvalue weighted by molar-refractivity contribution is 5.76. The third kappa shape index (κ3) is 5.72. The fraction of sp³-hybridized carbons (Fsp3) is 0.435. The summed E-state index contributed by atoms with van der Waals surface area (Å²) in [5.74, 6) is 0.939. The number of aryl methyl sites for hydroxylation is 1. The van der Waals surface area contributed by atoms with E-state index in [1.54, 1.807) is 17.3 Å². The number of urea groups is 1. The van der Waals surface area contributed by atoms with E-state index in [1.165, 1.54) is 0 Å². The number of hydrogen-bond donors (Lipinski definition) is 1. The number of hydrogen-bond acceptors (Lipinski definition) is 4. The molecular formula is C23H30N4O3. The molecule has 0 bridgehead atoms. The van der Waals surface area contributed by atoms with Crippen molar-refractivity contribution in [1.29, 1.82) is 0 Å². The lowest BCUT2D eigenvalue weighted by Gasteiger charge is -2.21. The van der Waals surface area contributed by atoms with E-state index in [9.17, 15) is 9.59 Å². The number of carbonyl (C=O) groups is 2. The highest BCUT2D eigenvalue weighted by Gasteiger charge is 2.20. The van der Waals surface area contributed by atoms with Gasteiger partial charge in [0.1, 0.15) is 12.4 Å². The molecule has 0 radical (unpaired) electrons. The number of benzene rings is 1. The molecular weight excluding hydrogens is 380 g/mol. The minimum Gasteiger partial charge on any atom is -0.491 e. The normalized spacial score (nSPS) is 13.1. The third-order valence-corrected chi connectivity index (χ3v) is 5.20. The zero-order valence-electron chi connectivity index (χ0n) is 17.8. The second-order valence-corrected chi connectivity index (χ2v) is 7.31. The zero-order chi connectivity index (χ0) is 21.3. The van der Waals surface area contributed by atoms with Crippen molar-refractivity contribution in [2.45, 2.75) is 39.8 Å². The van der Waals surface area contributed by atoms with Crippen molar-refractivity contribution in [2.75, 3.05) is 26.2 Å². The summed E-state index contributed by atoms with van der Waals surface area (Å²) in [5.41, 5.74) is 3.13. The molecule has 0 spiro atoms. The molecule has 7 heteroatoms. The maximum absolute atomic E-state index is 12.7. The van der Waals surface area contributed by atoms with Crippen LogP contribution in [-0.4, -0.2) is 53.0 Å². The number of rotatable bonds is 7. The maximum atomic E-state index is 12.7. The topological polar surface area (TPSA) is 74.8 Å². The molecule has 7 nitrogen and oxygen atoms in total. The van der Waals surface area contributed by atoms with Crippen LogP contribution in [0.2, 0.25) is 0 Å². The first-order valence-electron chi connectivity index (χ1n) is 10.5. The number of aromatic nitrogens is 1. The molecule has 0 atom stereocenters. The fourth-order valence-corrected chi connectivity index (χ4v) is 3.53. The first kappa shape index (κ1) is 21.6. The molecule has 3 rings (SSSR count). The van der Waals surface area contributed by atoms with Crippen molar-refractivity contribution in [3.63, 3.8) is 0 Å². The van der Waals surface area contributed by atoms with E-state index >= 15 is 0 Å². The Labute approximate surface area is 178 Å². The van der Waals surface area contributed by atoms with E-state index in [0.717, 1.165) is 22.4 Å². The SMILES string of the molecule is CCNC(=O)N1CCOc2ccc(CCC(=O)N(CC)Cc3ccncc3)cc2C1. The van der Waals surface area contributed by atoms with Crippen LogP contribution in [0, 0.1) is 0 Å². The first-order valence-corrected chi connectivity index (χ1v) is 10.5. The van der Waals surface area contributed by atoms with Crippen molar-refractivity contribution in [1.82, 2.24) is 20.1 Å². The van der Waals surface area contributed by atoms with Gasteiger partial charge in [0.15, 0.2) is 0 Å². The maximum Gasteiger partial charge on any atom is 0.317 e. The lowest BCUT2D eigenvalue weighted by atomic mass is 10.0. The highest BCUT2D eigenvalue weighted by atomic mass is 16.5. The molecule has 1 N–H and O–H groups in total. The lowest BCUT2D eigenvalue weighted by Crippen LogP contribution is -2.40. The largest absolute Gasteiger partial charge is 0.491 e. The summed E-state index contributed by atoms with van der Waals surface area (Å²) in [6.45, 7) is 7.29. The monoisotopic (exact) mass is 410 g/mol. The van der Waals surface area contributed by atoms with E-state index in [0.29, 0.717) is 52.2 Å². The predicted octanol–water partition coefficient (Wildman–Crippen LogP) is 2.99. The minimum absolute atomic E-state index is 0.0794. The Hall–Kier alpha value is -3.09. The van der Waals surface area contributed by atoms with Gasteiger partial charge in [0.2, 0.25) is 5.91 Å². The highest BCUT2D eigenvalue weighted by Crippen LogP contribution is 2.25. The summed E-state index contributed by atoms with van der Waals surface area (Å²) >= 11 is 0. The molecule has 0 unspecified atom stereocenters. The summed E-state index contributed by atoms with van der Waals surface area (Å²) in [7, 11) is 0. The number of nitrogens with zero attached hydrogens (tertiary/aromatic N) is 3. The van der Waals surface area contributed by atoms with Crippen LogP contribution < -0.4 is 10.1 Å². The van der Waals surface area contributed by atoms with Crippen LogP contribution >= 0.6 is 0 Å². The Morgan fingerprint density at radius 3 is 2.70 bits per heavy atom. The molecule has 1 aromatic heterocycles. The van der Waals surface area contributed by atoms with Crippen molar-refractivity contribution in [2.24, 2.45) is 0 Å². The Morgan fingerprint density at radius 2 is 1.97 bits per heavy atom. The van der Waals surface area contributed by atoms with Crippen molar-refractivity contribution in [3.8, 4) is 5.75 Å². The second kappa shape index (κ2) is 10.6. The molecule has 2 aromatic rings. The number of pyridine rings is 1. The van der Waals surface area contributed by atoms with Crippen molar-refractivity contribution >= 4 is 11.9 Å². The number of ether oxygens (including phenoxy) is 1. The van der Waals surface area contributed by atoms with Gasteiger partial charge in [-0.15, -0.1) is 0 Å². The summed E-state index contributed by atoms with van der Waals surface area (Å²) < 4.78 is 5.81. The molecule has 2 heterocycles. The van der Waals surface area contributed by atoms with E-state index in [2.05, 4.69) is 16.4 Å². The number of nitrogens with one attached hydrogen (secondary N) is 1. The van der Waals surface area contributed by atoms with Crippen molar-refractivity contribution in [3.05, 3.63) is 59.4 Å². The van der Waals surface area contributed by atoms with Gasteiger partial charge in [0.05, 0.1) is 13.1 Å². The molecule has 1 aliphatic rings. The lowest BCUT2D eigenvalue weighted by molar-refractivity contribution is -0.131. The first-order chi connectivity index (χ1) is 14.6. The molecule has 1 aliphatic heterocycles. The van der Waals surface area contributed by atoms with Gasteiger partial charge in [-0.05, 0) is 49.6 Å². The van der Waals surface area contributed by atoms with Crippen LogP contribution in [0.3, 0.4) is 0 Å². The van der Waals surface area contributed by atoms with E-state index in [1.807, 2.05) is 43.0 Å². The van der Waals surface area contributed by atoms with Crippen LogP contribution in [0.15, 0.2) is 42.7 Å². The van der Waals surface area contributed by atoms with Crippen LogP contribution in [-0.2, 0) is 24.3 Å². The summed E-state index contributed by atoms with van der Waals surface area (Å²) in [4.78, 5) is 32.6. The molecule has 0 fully saturated rings. The molecule has 30 heavy (non-hydrogen) atoms. The standard InChI is InChI=1S/C23H30N4O3/c1-3-25-23(29)27-13-14-30-21-7-5-18(15-20(21)17-27)6-8-22(28)26(4-2)16-19-9-11-24-12-10-19/h5,7,9-12,15H,3-4,6,8,13-14,16-17H2,1-2H3,(H,25,29). The van der Waals surface area contributed by atoms with Crippen LogP contribution in [0.25, 0.3) is 0 Å². The molecule has 0 saturated heterocycles. The van der Waals surface area contributed by atoms with Gasteiger partial charge < -0.3 is 19.9 Å². The summed E-state index contributed by atoms with van der Waals surface area (Å²) in [6, 6.07) is 9.80. The summed E-state index contributed by atoms with van der Waals surface area (Å²) in [6.07, 6.45) is 4.59. The van der Waals surface area contributed by atoms with Gasteiger partial charge in [-0.25, -0.2) is 4.79 Å². The van der Waals surface area contributed by atoms with Crippen LogP contribution in [0.5, 0.6) is 5.75 Å². The zero-order valence-corrected chi connectivity index (χ0v) is 17.8. The Morgan fingerprint density at radius 1 is 1.17 bits per heavy atom. The smallest absolute Gasteiger partial charge is 0.317 e. The quantitative estimate of drug-likeness (QED) is 0.762. The molecule has 1 aromatic carbocycles. The second-order valence-electron chi connectivity index (χ2n) is 7.31. The van der Waals surface area contributed by atoms with Crippen molar-refractivity contribution < 1.29 is 14.3 Å². The minimum atomic E-state index is -0.0794. The summed E-state index contributed by atoms with van der Waals surface area (Å²) in [5, 5.41) is 2.84. The molecule has 0 aliphatic carbocycles. The fourth-order valence-electron chi connectivity index (χ4n) is 3.53. The van der Waals surface area contributed by atoms with Crippen LogP contribution in [0.4, 0.5) is 4.79 Å². The Bertz CT molecular complexity index is 857. The molecule has 160 valence electrons. The third-order valence-electron chi connectivity index (χ3n) is 5.20. The average Bonchev–Trinajstić information content (AvgIpc) is 2.98. The van der Waals surface area contributed by atoms with Gasteiger partial charge in [-0.1, -0.05) is 12.1 Å². The van der Waals surface area contributed by atoms with E-state index < -0.39 is 0 Å². The average molecular weight is 411 g/mol. The predicted molar refractivity (Wildman–Crippen MR) is 115 cm³/mol. The van der Waals surface area contributed by atoms with Gasteiger partial charge >= 0.3 is 6.03 Å². The number of amides is 3. The van der Waals surface area contributed by atoms with Gasteiger partial charge in [-0.3, -0.25) is 9.78 Å². The Balaban J connectivity index is 1.62. The van der Waals surface area contributed by atoms with Gasteiger partial charge in [-0.2, -0.15) is 0 Å².